The van der Waals surface area contributed by atoms with Crippen molar-refractivity contribution in [3.05, 3.63) is 78.4 Å². The number of rotatable bonds is 4. The average Bonchev–Trinajstić information content (AvgIpc) is 2.97. The summed E-state index contributed by atoms with van der Waals surface area (Å²) in [6.07, 6.45) is 3.48. The van der Waals surface area contributed by atoms with Gasteiger partial charge in [0.2, 0.25) is 0 Å². The minimum absolute atomic E-state index is 0.0216. The molecule has 3 rings (SSSR count). The molecular weight excluding hydrogens is 267 g/mol. The summed E-state index contributed by atoms with van der Waals surface area (Å²) < 4.78 is 15.1. The van der Waals surface area contributed by atoms with Crippen LogP contribution in [-0.2, 0) is 6.54 Å². The third-order valence-corrected chi connectivity index (χ3v) is 3.22. The molecule has 0 aliphatic heterocycles. The molecule has 0 amide bonds. The van der Waals surface area contributed by atoms with Gasteiger partial charge in [-0.15, -0.1) is 0 Å². The number of halogens is 1. The summed E-state index contributed by atoms with van der Waals surface area (Å²) in [5.41, 5.74) is 2.05. The first kappa shape index (κ1) is 13.2. The van der Waals surface area contributed by atoms with Crippen LogP contribution in [0.25, 0.3) is 11.1 Å². The van der Waals surface area contributed by atoms with Gasteiger partial charge >= 0.3 is 0 Å². The Morgan fingerprint density at radius 1 is 1.00 bits per heavy atom. The fraction of sp³-hybridized carbons (Fsp3) is 0.0588. The number of Topliss-reactive ketones (excluding diaryl/α,β-unsaturated/α-hetero) is 1. The summed E-state index contributed by atoms with van der Waals surface area (Å²) in [6.45, 7) is 0.0216. The van der Waals surface area contributed by atoms with E-state index in [2.05, 4.69) is 5.10 Å². The van der Waals surface area contributed by atoms with Crippen LogP contribution in [0.1, 0.15) is 10.4 Å². The highest BCUT2D eigenvalue weighted by molar-refractivity contribution is 5.96. The molecule has 1 heterocycles. The van der Waals surface area contributed by atoms with Gasteiger partial charge in [0, 0.05) is 11.8 Å². The molecule has 0 saturated heterocycles. The van der Waals surface area contributed by atoms with Crippen LogP contribution in [0.15, 0.2) is 67.0 Å². The standard InChI is InChI=1S/C17H13FN2O/c18-16-9-5-4-8-15(16)17(21)12-20-11-14(10-19-20)13-6-2-1-3-7-13/h1-11H,12H2. The molecular formula is C17H13FN2O. The maximum atomic E-state index is 13.6. The first-order valence-electron chi connectivity index (χ1n) is 6.59. The Balaban J connectivity index is 1.79. The Hall–Kier alpha value is -2.75. The smallest absolute Gasteiger partial charge is 0.187 e. The Morgan fingerprint density at radius 2 is 1.71 bits per heavy atom. The molecule has 0 saturated carbocycles. The van der Waals surface area contributed by atoms with Gasteiger partial charge in [0.25, 0.3) is 0 Å². The highest BCUT2D eigenvalue weighted by Crippen LogP contribution is 2.18. The van der Waals surface area contributed by atoms with Gasteiger partial charge < -0.3 is 0 Å². The third-order valence-electron chi connectivity index (χ3n) is 3.22. The topological polar surface area (TPSA) is 34.9 Å². The molecule has 0 spiro atoms. The molecule has 0 atom stereocenters. The van der Waals surface area contributed by atoms with E-state index >= 15 is 0 Å². The summed E-state index contributed by atoms with van der Waals surface area (Å²) in [7, 11) is 0. The molecule has 2 aromatic carbocycles. The van der Waals surface area contributed by atoms with Crippen molar-refractivity contribution in [1.29, 1.82) is 0 Å². The van der Waals surface area contributed by atoms with Crippen molar-refractivity contribution in [2.75, 3.05) is 0 Å². The van der Waals surface area contributed by atoms with Crippen LogP contribution in [0.2, 0.25) is 0 Å². The van der Waals surface area contributed by atoms with Crippen molar-refractivity contribution >= 4 is 5.78 Å². The van der Waals surface area contributed by atoms with Gasteiger partial charge in [-0.1, -0.05) is 42.5 Å². The quantitative estimate of drug-likeness (QED) is 0.685. The van der Waals surface area contributed by atoms with E-state index in [-0.39, 0.29) is 17.9 Å². The van der Waals surface area contributed by atoms with E-state index in [1.165, 1.54) is 16.8 Å². The van der Waals surface area contributed by atoms with E-state index in [4.69, 9.17) is 0 Å². The Kier molecular flexibility index (Phi) is 3.60. The lowest BCUT2D eigenvalue weighted by Crippen LogP contribution is -2.12. The summed E-state index contributed by atoms with van der Waals surface area (Å²) in [4.78, 5) is 12.1. The van der Waals surface area contributed by atoms with Crippen LogP contribution < -0.4 is 0 Å². The summed E-state index contributed by atoms with van der Waals surface area (Å²) in [6, 6.07) is 15.7. The largest absolute Gasteiger partial charge is 0.292 e. The fourth-order valence-corrected chi connectivity index (χ4v) is 2.15. The van der Waals surface area contributed by atoms with Crippen LogP contribution in [-0.4, -0.2) is 15.6 Å². The number of ketones is 1. The average molecular weight is 280 g/mol. The van der Waals surface area contributed by atoms with E-state index in [1.54, 1.807) is 24.5 Å². The highest BCUT2D eigenvalue weighted by atomic mass is 19.1. The highest BCUT2D eigenvalue weighted by Gasteiger charge is 2.12. The molecule has 0 aliphatic carbocycles. The van der Waals surface area contributed by atoms with Gasteiger partial charge in [-0.2, -0.15) is 5.10 Å². The normalized spacial score (nSPS) is 10.5. The predicted octanol–water partition coefficient (Wildman–Crippen LogP) is 3.57. The predicted molar refractivity (Wildman–Crippen MR) is 78.4 cm³/mol. The van der Waals surface area contributed by atoms with Crippen LogP contribution in [0.4, 0.5) is 4.39 Å². The fourth-order valence-electron chi connectivity index (χ4n) is 2.15. The second-order valence-corrected chi connectivity index (χ2v) is 4.70. The molecule has 0 bridgehead atoms. The lowest BCUT2D eigenvalue weighted by atomic mass is 10.1. The number of carbonyl (C=O) groups excluding carboxylic acids is 1. The maximum absolute atomic E-state index is 13.6. The van der Waals surface area contributed by atoms with E-state index in [0.29, 0.717) is 0 Å². The van der Waals surface area contributed by atoms with Gasteiger partial charge in [0.05, 0.1) is 11.8 Å². The van der Waals surface area contributed by atoms with Crippen molar-refractivity contribution in [3.8, 4) is 11.1 Å². The van der Waals surface area contributed by atoms with Crippen LogP contribution in [0.5, 0.6) is 0 Å². The van der Waals surface area contributed by atoms with Gasteiger partial charge in [0.15, 0.2) is 5.78 Å². The molecule has 3 aromatic rings. The molecule has 0 fully saturated rings. The number of nitrogens with zero attached hydrogens (tertiary/aromatic N) is 2. The molecule has 1 aromatic heterocycles. The second-order valence-electron chi connectivity index (χ2n) is 4.70. The monoisotopic (exact) mass is 280 g/mol. The lowest BCUT2D eigenvalue weighted by Gasteiger charge is -2.02. The Bertz CT molecular complexity index is 765. The molecule has 0 unspecified atom stereocenters. The minimum atomic E-state index is -0.502. The summed E-state index contributed by atoms with van der Waals surface area (Å²) in [5, 5.41) is 4.16. The first-order chi connectivity index (χ1) is 10.2. The number of benzene rings is 2. The maximum Gasteiger partial charge on any atom is 0.187 e. The third kappa shape index (κ3) is 2.89. The van der Waals surface area contributed by atoms with E-state index < -0.39 is 5.82 Å². The van der Waals surface area contributed by atoms with Gasteiger partial charge in [0.1, 0.15) is 12.4 Å². The van der Waals surface area contributed by atoms with Crippen molar-refractivity contribution in [3.63, 3.8) is 0 Å². The number of hydrogen-bond donors (Lipinski definition) is 0. The molecule has 0 aliphatic rings. The van der Waals surface area contributed by atoms with E-state index in [1.807, 2.05) is 30.3 Å². The number of carbonyl (C=O) groups is 1. The molecule has 4 heteroatoms. The van der Waals surface area contributed by atoms with Crippen molar-refractivity contribution < 1.29 is 9.18 Å². The Morgan fingerprint density at radius 3 is 2.48 bits per heavy atom. The van der Waals surface area contributed by atoms with E-state index in [9.17, 15) is 9.18 Å². The zero-order valence-electron chi connectivity index (χ0n) is 11.2. The van der Waals surface area contributed by atoms with Gasteiger partial charge in [-0.3, -0.25) is 9.48 Å². The number of aromatic nitrogens is 2. The zero-order valence-corrected chi connectivity index (χ0v) is 11.2. The molecule has 3 nitrogen and oxygen atoms in total. The van der Waals surface area contributed by atoms with Crippen LogP contribution in [0.3, 0.4) is 0 Å². The van der Waals surface area contributed by atoms with Gasteiger partial charge in [-0.25, -0.2) is 4.39 Å². The van der Waals surface area contributed by atoms with Crippen molar-refractivity contribution in [2.45, 2.75) is 6.54 Å². The SMILES string of the molecule is O=C(Cn1cc(-c2ccccc2)cn1)c1ccccc1F. The second kappa shape index (κ2) is 5.71. The molecule has 0 N–H and O–H groups in total. The van der Waals surface area contributed by atoms with Crippen LogP contribution in [0, 0.1) is 5.82 Å². The van der Waals surface area contributed by atoms with Gasteiger partial charge in [-0.05, 0) is 17.7 Å². The molecule has 0 radical (unpaired) electrons. The summed E-state index contributed by atoms with van der Waals surface area (Å²) in [5.74, 6) is -0.797. The van der Waals surface area contributed by atoms with Crippen molar-refractivity contribution in [2.24, 2.45) is 0 Å². The first-order valence-corrected chi connectivity index (χ1v) is 6.59. The zero-order chi connectivity index (χ0) is 14.7. The van der Waals surface area contributed by atoms with E-state index in [0.717, 1.165) is 11.1 Å². The minimum Gasteiger partial charge on any atom is -0.292 e. The van der Waals surface area contributed by atoms with Crippen molar-refractivity contribution in [1.82, 2.24) is 9.78 Å². The van der Waals surface area contributed by atoms with Crippen LogP contribution >= 0.6 is 0 Å². The summed E-state index contributed by atoms with van der Waals surface area (Å²) >= 11 is 0. The molecule has 21 heavy (non-hydrogen) atoms. The molecule has 104 valence electrons. The lowest BCUT2D eigenvalue weighted by molar-refractivity contribution is 0.0964. The number of hydrogen-bond acceptors (Lipinski definition) is 2. The Labute approximate surface area is 121 Å².